The van der Waals surface area contributed by atoms with Crippen molar-refractivity contribution in [2.75, 3.05) is 37.3 Å². The number of H-pyrrole nitrogens is 1. The van der Waals surface area contributed by atoms with Gasteiger partial charge in [0.15, 0.2) is 0 Å². The molecular weight excluding hydrogens is 370 g/mol. The fraction of sp³-hybridized carbons (Fsp3) is 0.706. The lowest BCUT2D eigenvalue weighted by Crippen LogP contribution is -2.49. The highest BCUT2D eigenvalue weighted by atomic mass is 32.2. The topological polar surface area (TPSA) is 115 Å². The quantitative estimate of drug-likeness (QED) is 0.729. The second-order valence-electron chi connectivity index (χ2n) is 7.42. The summed E-state index contributed by atoms with van der Waals surface area (Å²) in [5.74, 6) is 0.470. The van der Waals surface area contributed by atoms with Gasteiger partial charge < -0.3 is 10.2 Å². The summed E-state index contributed by atoms with van der Waals surface area (Å²) in [5, 5.41) is 3.11. The maximum atomic E-state index is 12.5. The minimum Gasteiger partial charge on any atom is -0.353 e. The molecule has 0 saturated carbocycles. The van der Waals surface area contributed by atoms with Crippen molar-refractivity contribution in [1.29, 1.82) is 0 Å². The zero-order chi connectivity index (χ0) is 19.6. The largest absolute Gasteiger partial charge is 0.353 e. The maximum absolute atomic E-state index is 12.5. The van der Waals surface area contributed by atoms with Gasteiger partial charge in [-0.15, -0.1) is 0 Å². The summed E-state index contributed by atoms with van der Waals surface area (Å²) in [6.07, 6.45) is 3.90. The number of rotatable bonds is 4. The zero-order valence-corrected chi connectivity index (χ0v) is 16.6. The molecule has 2 N–H and O–H groups in total. The van der Waals surface area contributed by atoms with Crippen LogP contribution in [0, 0.1) is 12.8 Å². The van der Waals surface area contributed by atoms with E-state index in [-0.39, 0.29) is 23.4 Å². The van der Waals surface area contributed by atoms with Gasteiger partial charge in [0.1, 0.15) is 0 Å². The van der Waals surface area contributed by atoms with Crippen LogP contribution in [0.5, 0.6) is 0 Å². The van der Waals surface area contributed by atoms with Crippen LogP contribution in [-0.4, -0.2) is 67.1 Å². The normalized spacial score (nSPS) is 20.6. The second kappa shape index (κ2) is 7.97. The SMILES string of the molecule is Cc1cc(=O)[nH]c(N2CCC(NC(=O)C3CCN(S(C)(=O)=O)CC3)CC2)n1. The van der Waals surface area contributed by atoms with Crippen LogP contribution < -0.4 is 15.8 Å². The van der Waals surface area contributed by atoms with E-state index in [4.69, 9.17) is 0 Å². The molecule has 1 aromatic heterocycles. The predicted octanol–water partition coefficient (Wildman–Crippen LogP) is -0.165. The molecule has 0 spiro atoms. The Labute approximate surface area is 159 Å². The monoisotopic (exact) mass is 397 g/mol. The zero-order valence-electron chi connectivity index (χ0n) is 15.8. The van der Waals surface area contributed by atoms with Gasteiger partial charge in [0.2, 0.25) is 21.9 Å². The third kappa shape index (κ3) is 5.07. The minimum atomic E-state index is -3.18. The molecule has 0 unspecified atom stereocenters. The number of amides is 1. The summed E-state index contributed by atoms with van der Waals surface area (Å²) in [6.45, 7) is 4.03. The Morgan fingerprint density at radius 1 is 1.19 bits per heavy atom. The highest BCUT2D eigenvalue weighted by Crippen LogP contribution is 2.21. The smallest absolute Gasteiger partial charge is 0.252 e. The number of anilines is 1. The average Bonchev–Trinajstić information content (AvgIpc) is 2.61. The van der Waals surface area contributed by atoms with Crippen LogP contribution in [0.25, 0.3) is 0 Å². The molecule has 2 aliphatic heterocycles. The van der Waals surface area contributed by atoms with Gasteiger partial charge in [0.25, 0.3) is 5.56 Å². The number of aromatic amines is 1. The minimum absolute atomic E-state index is 0.0173. The Hall–Kier alpha value is -1.94. The maximum Gasteiger partial charge on any atom is 0.252 e. The number of hydrogen-bond acceptors (Lipinski definition) is 6. The Morgan fingerprint density at radius 3 is 2.37 bits per heavy atom. The molecule has 3 rings (SSSR count). The molecule has 2 fully saturated rings. The Morgan fingerprint density at radius 2 is 1.81 bits per heavy atom. The van der Waals surface area contributed by atoms with Crippen molar-refractivity contribution < 1.29 is 13.2 Å². The number of carbonyl (C=O) groups excluding carboxylic acids is 1. The number of aromatic nitrogens is 2. The second-order valence-corrected chi connectivity index (χ2v) is 9.40. The van der Waals surface area contributed by atoms with Crippen LogP contribution in [0.15, 0.2) is 10.9 Å². The lowest BCUT2D eigenvalue weighted by Gasteiger charge is -2.34. The van der Waals surface area contributed by atoms with E-state index in [9.17, 15) is 18.0 Å². The lowest BCUT2D eigenvalue weighted by atomic mass is 9.96. The van der Waals surface area contributed by atoms with Crippen molar-refractivity contribution in [2.45, 2.75) is 38.6 Å². The van der Waals surface area contributed by atoms with E-state index >= 15 is 0 Å². The van der Waals surface area contributed by atoms with Gasteiger partial charge in [0, 0.05) is 49.9 Å². The summed E-state index contributed by atoms with van der Waals surface area (Å²) in [6, 6.07) is 1.56. The third-order valence-electron chi connectivity index (χ3n) is 5.29. The summed E-state index contributed by atoms with van der Waals surface area (Å²) in [4.78, 5) is 33.3. The summed E-state index contributed by atoms with van der Waals surface area (Å²) < 4.78 is 24.6. The van der Waals surface area contributed by atoms with Crippen molar-refractivity contribution in [3.05, 3.63) is 22.1 Å². The molecule has 1 aromatic rings. The molecule has 9 nitrogen and oxygen atoms in total. The van der Waals surface area contributed by atoms with Gasteiger partial charge in [-0.3, -0.25) is 14.6 Å². The number of nitrogens with zero attached hydrogens (tertiary/aromatic N) is 3. The number of sulfonamides is 1. The van der Waals surface area contributed by atoms with Gasteiger partial charge in [-0.2, -0.15) is 0 Å². The molecule has 0 bridgehead atoms. The first-order chi connectivity index (χ1) is 12.7. The number of piperidine rings is 2. The Kier molecular flexibility index (Phi) is 5.85. The molecule has 1 amide bonds. The predicted molar refractivity (Wildman–Crippen MR) is 102 cm³/mol. The van der Waals surface area contributed by atoms with E-state index in [2.05, 4.69) is 15.3 Å². The highest BCUT2D eigenvalue weighted by molar-refractivity contribution is 7.88. The molecule has 0 radical (unpaired) electrons. The van der Waals surface area contributed by atoms with Crippen LogP contribution in [0.4, 0.5) is 5.95 Å². The molecule has 27 heavy (non-hydrogen) atoms. The van der Waals surface area contributed by atoms with E-state index in [1.165, 1.54) is 16.6 Å². The van der Waals surface area contributed by atoms with Crippen LogP contribution in [0.1, 0.15) is 31.4 Å². The summed E-state index contributed by atoms with van der Waals surface area (Å²) >= 11 is 0. The fourth-order valence-electron chi connectivity index (χ4n) is 3.72. The lowest BCUT2D eigenvalue weighted by molar-refractivity contribution is -0.127. The van der Waals surface area contributed by atoms with Gasteiger partial charge in [-0.05, 0) is 32.6 Å². The first-order valence-electron chi connectivity index (χ1n) is 9.31. The summed E-state index contributed by atoms with van der Waals surface area (Å²) in [5.41, 5.74) is 0.526. The molecule has 2 aliphatic rings. The first kappa shape index (κ1) is 19.8. The number of carbonyl (C=O) groups is 1. The van der Waals surface area contributed by atoms with Crippen molar-refractivity contribution in [3.63, 3.8) is 0 Å². The van der Waals surface area contributed by atoms with Crippen LogP contribution in [-0.2, 0) is 14.8 Å². The van der Waals surface area contributed by atoms with Crippen LogP contribution >= 0.6 is 0 Å². The molecular formula is C17H27N5O4S. The Bertz CT molecular complexity index is 837. The number of nitrogens with one attached hydrogen (secondary N) is 2. The highest BCUT2D eigenvalue weighted by Gasteiger charge is 2.30. The molecule has 0 atom stereocenters. The van der Waals surface area contributed by atoms with Gasteiger partial charge in [-0.1, -0.05) is 0 Å². The summed E-state index contributed by atoms with van der Waals surface area (Å²) in [7, 11) is -3.18. The molecule has 150 valence electrons. The Balaban J connectivity index is 1.48. The molecule has 0 aliphatic carbocycles. The van der Waals surface area contributed by atoms with Crippen molar-refractivity contribution in [3.8, 4) is 0 Å². The van der Waals surface area contributed by atoms with Gasteiger partial charge in [-0.25, -0.2) is 17.7 Å². The van der Waals surface area contributed by atoms with Crippen molar-refractivity contribution in [2.24, 2.45) is 5.92 Å². The van der Waals surface area contributed by atoms with Crippen molar-refractivity contribution >= 4 is 21.9 Å². The average molecular weight is 398 g/mol. The first-order valence-corrected chi connectivity index (χ1v) is 11.2. The van der Waals surface area contributed by atoms with E-state index in [0.717, 1.165) is 12.8 Å². The number of hydrogen-bond donors (Lipinski definition) is 2. The van der Waals surface area contributed by atoms with E-state index in [1.54, 1.807) is 6.92 Å². The van der Waals surface area contributed by atoms with Gasteiger partial charge in [0.05, 0.1) is 6.26 Å². The molecule has 2 saturated heterocycles. The van der Waals surface area contributed by atoms with Crippen molar-refractivity contribution in [1.82, 2.24) is 19.6 Å². The standard InChI is InChI=1S/C17H27N5O4S/c1-12-11-15(23)20-17(18-12)21-7-5-14(6-8-21)19-16(24)13-3-9-22(10-4-13)27(2,25)26/h11,13-14H,3-10H2,1-2H3,(H,19,24)(H,18,20,23). The third-order valence-corrected chi connectivity index (χ3v) is 6.60. The van der Waals surface area contributed by atoms with E-state index < -0.39 is 10.0 Å². The number of aryl methyl sites for hydroxylation is 1. The van der Waals surface area contributed by atoms with Crippen LogP contribution in [0.2, 0.25) is 0 Å². The molecule has 3 heterocycles. The van der Waals surface area contributed by atoms with Gasteiger partial charge >= 0.3 is 0 Å². The fourth-order valence-corrected chi connectivity index (χ4v) is 4.59. The molecule has 10 heteroatoms. The van der Waals surface area contributed by atoms with E-state index in [1.807, 2.05) is 4.90 Å². The molecule has 0 aromatic carbocycles. The van der Waals surface area contributed by atoms with Crippen LogP contribution in [0.3, 0.4) is 0 Å². The van der Waals surface area contributed by atoms with E-state index in [0.29, 0.717) is 50.7 Å².